The molecule has 0 saturated heterocycles. The predicted octanol–water partition coefficient (Wildman–Crippen LogP) is 0.842. The SMILES string of the molecule is CC(C)Cn1ncnc1Cn1ccc(C(=O)O)cc1=O. The Morgan fingerprint density at radius 3 is 2.80 bits per heavy atom. The summed E-state index contributed by atoms with van der Waals surface area (Å²) in [4.78, 5) is 26.8. The van der Waals surface area contributed by atoms with Crippen LogP contribution in [0.15, 0.2) is 29.5 Å². The summed E-state index contributed by atoms with van der Waals surface area (Å²) in [5, 5.41) is 12.9. The van der Waals surface area contributed by atoms with Crippen LogP contribution < -0.4 is 5.56 Å². The molecule has 0 aromatic carbocycles. The minimum Gasteiger partial charge on any atom is -0.478 e. The van der Waals surface area contributed by atoms with E-state index in [4.69, 9.17) is 5.11 Å². The number of carbonyl (C=O) groups is 1. The molecule has 2 rings (SSSR count). The van der Waals surface area contributed by atoms with Gasteiger partial charge in [0.1, 0.15) is 12.2 Å². The van der Waals surface area contributed by atoms with Gasteiger partial charge in [-0.15, -0.1) is 0 Å². The maximum Gasteiger partial charge on any atom is 0.335 e. The van der Waals surface area contributed by atoms with Crippen molar-refractivity contribution in [3.05, 3.63) is 46.4 Å². The molecule has 20 heavy (non-hydrogen) atoms. The lowest BCUT2D eigenvalue weighted by molar-refractivity contribution is 0.0696. The van der Waals surface area contributed by atoms with E-state index in [-0.39, 0.29) is 17.7 Å². The first-order valence-electron chi connectivity index (χ1n) is 6.28. The number of hydrogen-bond acceptors (Lipinski definition) is 4. The van der Waals surface area contributed by atoms with E-state index in [1.807, 2.05) is 0 Å². The third kappa shape index (κ3) is 3.11. The van der Waals surface area contributed by atoms with Crippen molar-refractivity contribution in [3.63, 3.8) is 0 Å². The van der Waals surface area contributed by atoms with Gasteiger partial charge in [0, 0.05) is 18.8 Å². The van der Waals surface area contributed by atoms with E-state index in [2.05, 4.69) is 23.9 Å². The van der Waals surface area contributed by atoms with Gasteiger partial charge in [-0.05, 0) is 12.0 Å². The molecule has 1 N–H and O–H groups in total. The second-order valence-electron chi connectivity index (χ2n) is 4.94. The lowest BCUT2D eigenvalue weighted by Gasteiger charge is -2.09. The normalized spacial score (nSPS) is 10.9. The Balaban J connectivity index is 2.25. The van der Waals surface area contributed by atoms with E-state index >= 15 is 0 Å². The number of carboxylic acid groups (broad SMARTS) is 1. The molecule has 0 amide bonds. The number of pyridine rings is 1. The van der Waals surface area contributed by atoms with Crippen LogP contribution in [0.1, 0.15) is 30.0 Å². The fraction of sp³-hybridized carbons (Fsp3) is 0.385. The van der Waals surface area contributed by atoms with Crippen LogP contribution in [0.2, 0.25) is 0 Å². The van der Waals surface area contributed by atoms with Crippen LogP contribution in [-0.4, -0.2) is 30.4 Å². The predicted molar refractivity (Wildman–Crippen MR) is 71.6 cm³/mol. The maximum atomic E-state index is 11.8. The van der Waals surface area contributed by atoms with Gasteiger partial charge in [-0.3, -0.25) is 4.79 Å². The highest BCUT2D eigenvalue weighted by Crippen LogP contribution is 2.03. The Hall–Kier alpha value is -2.44. The summed E-state index contributed by atoms with van der Waals surface area (Å²) in [6.45, 7) is 5.13. The zero-order valence-electron chi connectivity index (χ0n) is 11.4. The molecular weight excluding hydrogens is 260 g/mol. The van der Waals surface area contributed by atoms with Gasteiger partial charge in [0.2, 0.25) is 0 Å². The number of hydrogen-bond donors (Lipinski definition) is 1. The fourth-order valence-corrected chi connectivity index (χ4v) is 1.83. The van der Waals surface area contributed by atoms with Crippen LogP contribution in [-0.2, 0) is 13.1 Å². The summed E-state index contributed by atoms with van der Waals surface area (Å²) in [5.74, 6) is -0.0253. The van der Waals surface area contributed by atoms with Crippen molar-refractivity contribution in [1.29, 1.82) is 0 Å². The first kappa shape index (κ1) is 14.0. The van der Waals surface area contributed by atoms with Gasteiger partial charge in [0.25, 0.3) is 5.56 Å². The highest BCUT2D eigenvalue weighted by atomic mass is 16.4. The number of nitrogens with zero attached hydrogens (tertiary/aromatic N) is 4. The van der Waals surface area contributed by atoms with E-state index in [1.165, 1.54) is 23.2 Å². The number of carboxylic acids is 1. The molecule has 0 saturated carbocycles. The van der Waals surface area contributed by atoms with Gasteiger partial charge in [0.15, 0.2) is 0 Å². The van der Waals surface area contributed by atoms with Crippen molar-refractivity contribution in [3.8, 4) is 0 Å². The van der Waals surface area contributed by atoms with Crippen molar-refractivity contribution in [2.75, 3.05) is 0 Å². The molecular formula is C13H16N4O3. The van der Waals surface area contributed by atoms with Crippen molar-refractivity contribution in [2.24, 2.45) is 5.92 Å². The lowest BCUT2D eigenvalue weighted by Crippen LogP contribution is -2.23. The summed E-state index contributed by atoms with van der Waals surface area (Å²) in [5.41, 5.74) is -0.390. The van der Waals surface area contributed by atoms with Crippen LogP contribution >= 0.6 is 0 Å². The van der Waals surface area contributed by atoms with E-state index in [0.29, 0.717) is 11.7 Å². The summed E-state index contributed by atoms with van der Waals surface area (Å²) >= 11 is 0. The third-order valence-electron chi connectivity index (χ3n) is 2.79. The number of rotatable bonds is 5. The zero-order chi connectivity index (χ0) is 14.7. The molecule has 2 aromatic heterocycles. The first-order chi connectivity index (χ1) is 9.47. The Kier molecular flexibility index (Phi) is 3.97. The molecule has 7 heteroatoms. The average molecular weight is 276 g/mol. The average Bonchev–Trinajstić information content (AvgIpc) is 2.78. The van der Waals surface area contributed by atoms with E-state index in [9.17, 15) is 9.59 Å². The topological polar surface area (TPSA) is 90.0 Å². The molecule has 0 bridgehead atoms. The largest absolute Gasteiger partial charge is 0.478 e. The van der Waals surface area contributed by atoms with Crippen molar-refractivity contribution in [2.45, 2.75) is 26.9 Å². The maximum absolute atomic E-state index is 11.8. The third-order valence-corrected chi connectivity index (χ3v) is 2.79. The molecule has 2 aromatic rings. The van der Waals surface area contributed by atoms with Crippen molar-refractivity contribution >= 4 is 5.97 Å². The molecule has 0 aliphatic carbocycles. The van der Waals surface area contributed by atoms with Crippen LogP contribution in [0.3, 0.4) is 0 Å². The molecule has 0 aliphatic rings. The summed E-state index contributed by atoms with van der Waals surface area (Å²) in [6, 6.07) is 2.50. The Morgan fingerprint density at radius 1 is 1.45 bits per heavy atom. The quantitative estimate of drug-likeness (QED) is 0.874. The smallest absolute Gasteiger partial charge is 0.335 e. The molecule has 0 unspecified atom stereocenters. The minimum absolute atomic E-state index is 0.0186. The molecule has 0 aliphatic heterocycles. The highest BCUT2D eigenvalue weighted by molar-refractivity contribution is 5.87. The Labute approximate surface area is 115 Å². The van der Waals surface area contributed by atoms with Gasteiger partial charge in [-0.2, -0.15) is 5.10 Å². The van der Waals surface area contributed by atoms with E-state index in [0.717, 1.165) is 12.6 Å². The Morgan fingerprint density at radius 2 is 2.20 bits per heavy atom. The second-order valence-corrected chi connectivity index (χ2v) is 4.94. The lowest BCUT2D eigenvalue weighted by atomic mass is 10.2. The molecule has 0 spiro atoms. The monoisotopic (exact) mass is 276 g/mol. The van der Waals surface area contributed by atoms with Crippen LogP contribution in [0, 0.1) is 5.92 Å². The molecule has 0 atom stereocenters. The molecule has 2 heterocycles. The number of aromatic carboxylic acids is 1. The molecule has 0 radical (unpaired) electrons. The van der Waals surface area contributed by atoms with Gasteiger partial charge in [0.05, 0.1) is 12.1 Å². The summed E-state index contributed by atoms with van der Waals surface area (Å²) in [6.07, 6.45) is 2.91. The van der Waals surface area contributed by atoms with Crippen molar-refractivity contribution in [1.82, 2.24) is 19.3 Å². The van der Waals surface area contributed by atoms with Crippen LogP contribution in [0.5, 0.6) is 0 Å². The van der Waals surface area contributed by atoms with Gasteiger partial charge in [-0.25, -0.2) is 14.5 Å². The van der Waals surface area contributed by atoms with Crippen LogP contribution in [0.4, 0.5) is 0 Å². The Bertz CT molecular complexity index is 672. The molecule has 106 valence electrons. The fourth-order valence-electron chi connectivity index (χ4n) is 1.83. The van der Waals surface area contributed by atoms with Crippen LogP contribution in [0.25, 0.3) is 0 Å². The zero-order valence-corrected chi connectivity index (χ0v) is 11.4. The van der Waals surface area contributed by atoms with Gasteiger partial charge in [-0.1, -0.05) is 13.8 Å². The van der Waals surface area contributed by atoms with E-state index < -0.39 is 5.97 Å². The highest BCUT2D eigenvalue weighted by Gasteiger charge is 2.09. The molecule has 0 fully saturated rings. The van der Waals surface area contributed by atoms with Crippen molar-refractivity contribution < 1.29 is 9.90 Å². The van der Waals surface area contributed by atoms with Gasteiger partial charge >= 0.3 is 5.97 Å². The summed E-state index contributed by atoms with van der Waals surface area (Å²) in [7, 11) is 0. The molecule has 7 nitrogen and oxygen atoms in total. The van der Waals surface area contributed by atoms with Gasteiger partial charge < -0.3 is 9.67 Å². The number of aromatic nitrogens is 4. The second kappa shape index (κ2) is 5.68. The minimum atomic E-state index is -1.11. The van der Waals surface area contributed by atoms with E-state index in [1.54, 1.807) is 4.68 Å². The standard InChI is InChI=1S/C13H16N4O3/c1-9(2)6-17-11(14-8-15-17)7-16-4-3-10(13(19)20)5-12(16)18/h3-5,8-9H,6-7H2,1-2H3,(H,19,20). The summed E-state index contributed by atoms with van der Waals surface area (Å²) < 4.78 is 3.16. The first-order valence-corrected chi connectivity index (χ1v) is 6.28.